The molecule has 0 radical (unpaired) electrons. The molecule has 170 valence electrons. The number of hydrogen-bond donors (Lipinski definition) is 1. The van der Waals surface area contributed by atoms with Crippen LogP contribution < -0.4 is 5.32 Å². The molecule has 0 bridgehead atoms. The summed E-state index contributed by atoms with van der Waals surface area (Å²) in [6, 6.07) is 7.52. The van der Waals surface area contributed by atoms with Crippen molar-refractivity contribution in [3.05, 3.63) is 48.0 Å². The van der Waals surface area contributed by atoms with Crippen LogP contribution in [-0.2, 0) is 9.47 Å². The molecule has 1 unspecified atom stereocenters. The normalized spacial score (nSPS) is 19.6. The van der Waals surface area contributed by atoms with Crippen molar-refractivity contribution in [2.24, 2.45) is 0 Å². The Kier molecular flexibility index (Phi) is 8.87. The predicted molar refractivity (Wildman–Crippen MR) is 119 cm³/mol. The SMILES string of the molecule is C=CCNC(=O)N1CCOC(CN(CCN2CCOCC2)C(=O)c2ccc(C)cc2)C1. The monoisotopic (exact) mass is 430 g/mol. The van der Waals surface area contributed by atoms with E-state index in [-0.39, 0.29) is 18.0 Å². The van der Waals surface area contributed by atoms with Crippen LogP contribution in [0.2, 0.25) is 0 Å². The molecule has 8 nitrogen and oxygen atoms in total. The van der Waals surface area contributed by atoms with Crippen LogP contribution in [0.4, 0.5) is 4.79 Å². The molecule has 3 rings (SSSR count). The highest BCUT2D eigenvalue weighted by atomic mass is 16.5. The summed E-state index contributed by atoms with van der Waals surface area (Å²) in [5.74, 6) is -0.00917. The average molecular weight is 431 g/mol. The van der Waals surface area contributed by atoms with Gasteiger partial charge in [0.2, 0.25) is 0 Å². The first-order valence-corrected chi connectivity index (χ1v) is 11.0. The van der Waals surface area contributed by atoms with E-state index in [0.717, 1.165) is 38.4 Å². The van der Waals surface area contributed by atoms with Gasteiger partial charge in [-0.2, -0.15) is 0 Å². The van der Waals surface area contributed by atoms with Gasteiger partial charge in [0.25, 0.3) is 5.91 Å². The number of aryl methyl sites for hydroxylation is 1. The van der Waals surface area contributed by atoms with Gasteiger partial charge in [0, 0.05) is 51.4 Å². The second-order valence-corrected chi connectivity index (χ2v) is 7.98. The number of urea groups is 1. The van der Waals surface area contributed by atoms with Gasteiger partial charge < -0.3 is 24.6 Å². The summed E-state index contributed by atoms with van der Waals surface area (Å²) < 4.78 is 11.3. The van der Waals surface area contributed by atoms with Crippen LogP contribution in [0.3, 0.4) is 0 Å². The Balaban J connectivity index is 1.64. The van der Waals surface area contributed by atoms with Gasteiger partial charge in [-0.1, -0.05) is 23.8 Å². The van der Waals surface area contributed by atoms with Crippen molar-refractivity contribution in [2.75, 3.05) is 72.2 Å². The van der Waals surface area contributed by atoms with Crippen molar-refractivity contribution in [3.8, 4) is 0 Å². The topological polar surface area (TPSA) is 74.4 Å². The Morgan fingerprint density at radius 1 is 1.19 bits per heavy atom. The van der Waals surface area contributed by atoms with E-state index in [1.165, 1.54) is 0 Å². The fourth-order valence-corrected chi connectivity index (χ4v) is 3.77. The fourth-order valence-electron chi connectivity index (χ4n) is 3.77. The first kappa shape index (κ1) is 23.2. The smallest absolute Gasteiger partial charge is 0.317 e. The second-order valence-electron chi connectivity index (χ2n) is 7.98. The summed E-state index contributed by atoms with van der Waals surface area (Å²) in [5.41, 5.74) is 1.79. The minimum absolute atomic E-state index is 0.00917. The van der Waals surface area contributed by atoms with Crippen molar-refractivity contribution in [3.63, 3.8) is 0 Å². The number of nitrogens with one attached hydrogen (secondary N) is 1. The third-order valence-electron chi connectivity index (χ3n) is 5.62. The molecule has 0 saturated carbocycles. The third kappa shape index (κ3) is 7.05. The van der Waals surface area contributed by atoms with E-state index in [2.05, 4.69) is 16.8 Å². The van der Waals surface area contributed by atoms with Gasteiger partial charge in [-0.05, 0) is 19.1 Å². The molecule has 2 saturated heterocycles. The molecule has 31 heavy (non-hydrogen) atoms. The Morgan fingerprint density at radius 2 is 1.94 bits per heavy atom. The highest BCUT2D eigenvalue weighted by Gasteiger charge is 2.28. The van der Waals surface area contributed by atoms with Crippen LogP contribution in [0.25, 0.3) is 0 Å². The zero-order valence-electron chi connectivity index (χ0n) is 18.4. The van der Waals surface area contributed by atoms with Crippen LogP contribution in [0.5, 0.6) is 0 Å². The number of rotatable bonds is 8. The third-order valence-corrected chi connectivity index (χ3v) is 5.62. The Labute approximate surface area is 184 Å². The molecule has 1 atom stereocenters. The minimum atomic E-state index is -0.220. The maximum Gasteiger partial charge on any atom is 0.317 e. The number of amides is 3. The maximum atomic E-state index is 13.3. The van der Waals surface area contributed by atoms with E-state index in [1.807, 2.05) is 36.1 Å². The van der Waals surface area contributed by atoms with E-state index < -0.39 is 0 Å². The van der Waals surface area contributed by atoms with Crippen LogP contribution in [0.15, 0.2) is 36.9 Å². The van der Waals surface area contributed by atoms with Crippen molar-refractivity contribution in [2.45, 2.75) is 13.0 Å². The molecule has 0 aliphatic carbocycles. The maximum absolute atomic E-state index is 13.3. The van der Waals surface area contributed by atoms with Crippen LogP contribution in [0.1, 0.15) is 15.9 Å². The quantitative estimate of drug-likeness (QED) is 0.631. The van der Waals surface area contributed by atoms with Crippen molar-refractivity contribution in [1.82, 2.24) is 20.0 Å². The lowest BCUT2D eigenvalue weighted by Gasteiger charge is -2.36. The first-order valence-electron chi connectivity index (χ1n) is 11.0. The van der Waals surface area contributed by atoms with Gasteiger partial charge in [0.1, 0.15) is 0 Å². The highest BCUT2D eigenvalue weighted by molar-refractivity contribution is 5.94. The van der Waals surface area contributed by atoms with Crippen molar-refractivity contribution in [1.29, 1.82) is 0 Å². The van der Waals surface area contributed by atoms with E-state index in [9.17, 15) is 9.59 Å². The fraction of sp³-hybridized carbons (Fsp3) is 0.565. The lowest BCUT2D eigenvalue weighted by molar-refractivity contribution is -0.0295. The number of nitrogens with zero attached hydrogens (tertiary/aromatic N) is 3. The highest BCUT2D eigenvalue weighted by Crippen LogP contribution is 2.12. The largest absolute Gasteiger partial charge is 0.379 e. The molecular weight excluding hydrogens is 396 g/mol. The van der Waals surface area contributed by atoms with E-state index in [0.29, 0.717) is 44.9 Å². The molecule has 8 heteroatoms. The summed E-state index contributed by atoms with van der Waals surface area (Å²) in [6.07, 6.45) is 1.44. The number of morpholine rings is 2. The summed E-state index contributed by atoms with van der Waals surface area (Å²) >= 11 is 0. The van der Waals surface area contributed by atoms with Crippen LogP contribution in [-0.4, -0.2) is 105 Å². The molecule has 2 fully saturated rings. The minimum Gasteiger partial charge on any atom is -0.379 e. The molecule has 0 aromatic heterocycles. The van der Waals surface area contributed by atoms with Gasteiger partial charge in [-0.3, -0.25) is 9.69 Å². The van der Waals surface area contributed by atoms with Gasteiger partial charge >= 0.3 is 6.03 Å². The Hall–Kier alpha value is -2.42. The van der Waals surface area contributed by atoms with Crippen LogP contribution in [0, 0.1) is 6.92 Å². The molecule has 1 N–H and O–H groups in total. The molecule has 3 amide bonds. The van der Waals surface area contributed by atoms with Crippen molar-refractivity contribution >= 4 is 11.9 Å². The number of benzene rings is 1. The van der Waals surface area contributed by atoms with Crippen LogP contribution >= 0.6 is 0 Å². The summed E-state index contributed by atoms with van der Waals surface area (Å²) in [7, 11) is 0. The number of carbonyl (C=O) groups is 2. The standard InChI is InChI=1S/C23H34N4O4/c1-3-8-24-23(29)27-13-16-31-21(18-27)17-26(10-9-25-11-14-30-15-12-25)22(28)20-6-4-19(2)5-7-20/h3-7,21H,1,8-18H2,2H3,(H,24,29). The molecule has 1 aromatic carbocycles. The predicted octanol–water partition coefficient (Wildman–Crippen LogP) is 1.37. The number of hydrogen-bond acceptors (Lipinski definition) is 5. The van der Waals surface area contributed by atoms with Gasteiger partial charge in [-0.25, -0.2) is 4.79 Å². The zero-order valence-corrected chi connectivity index (χ0v) is 18.4. The lowest BCUT2D eigenvalue weighted by Crippen LogP contribution is -2.53. The molecule has 2 aliphatic heterocycles. The number of carbonyl (C=O) groups excluding carboxylic acids is 2. The van der Waals surface area contributed by atoms with E-state index in [1.54, 1.807) is 11.0 Å². The molecule has 0 spiro atoms. The Bertz CT molecular complexity index is 734. The molecular formula is C23H34N4O4. The lowest BCUT2D eigenvalue weighted by atomic mass is 10.1. The van der Waals surface area contributed by atoms with Gasteiger partial charge in [-0.15, -0.1) is 6.58 Å². The summed E-state index contributed by atoms with van der Waals surface area (Å²) in [5, 5.41) is 2.81. The van der Waals surface area contributed by atoms with Gasteiger partial charge in [0.05, 0.1) is 32.5 Å². The molecule has 1 aromatic rings. The Morgan fingerprint density at radius 3 is 2.65 bits per heavy atom. The number of ether oxygens (including phenoxy) is 2. The van der Waals surface area contributed by atoms with Crippen molar-refractivity contribution < 1.29 is 19.1 Å². The first-order chi connectivity index (χ1) is 15.1. The average Bonchev–Trinajstić information content (AvgIpc) is 2.81. The summed E-state index contributed by atoms with van der Waals surface area (Å²) in [4.78, 5) is 31.5. The zero-order chi connectivity index (χ0) is 22.1. The molecule has 2 heterocycles. The molecule has 2 aliphatic rings. The van der Waals surface area contributed by atoms with Gasteiger partial charge in [0.15, 0.2) is 0 Å². The summed E-state index contributed by atoms with van der Waals surface area (Å²) in [6.45, 7) is 12.6. The second kappa shape index (κ2) is 11.8. The van der Waals surface area contributed by atoms with E-state index >= 15 is 0 Å². The van der Waals surface area contributed by atoms with E-state index in [4.69, 9.17) is 9.47 Å².